The third-order valence-electron chi connectivity index (χ3n) is 5.67. The Bertz CT molecular complexity index is 812. The van der Waals surface area contributed by atoms with Gasteiger partial charge < -0.3 is 9.47 Å². The van der Waals surface area contributed by atoms with Crippen molar-refractivity contribution in [3.8, 4) is 16.9 Å². The van der Waals surface area contributed by atoms with Crippen LogP contribution in [-0.2, 0) is 9.53 Å². The van der Waals surface area contributed by atoms with Gasteiger partial charge in [-0.2, -0.15) is 0 Å². The number of hydrogen-bond acceptors (Lipinski definition) is 3. The molecular formula is C25H30F2O3. The van der Waals surface area contributed by atoms with Crippen molar-refractivity contribution in [3.63, 3.8) is 0 Å². The van der Waals surface area contributed by atoms with Gasteiger partial charge in [-0.05, 0) is 61.9 Å². The fourth-order valence-electron chi connectivity index (χ4n) is 3.87. The second kappa shape index (κ2) is 11.2. The van der Waals surface area contributed by atoms with Gasteiger partial charge in [-0.25, -0.2) is 8.78 Å². The van der Waals surface area contributed by atoms with Crippen LogP contribution in [0.2, 0.25) is 0 Å². The molecule has 3 nitrogen and oxygen atoms in total. The molecule has 0 bridgehead atoms. The molecule has 162 valence electrons. The Morgan fingerprint density at radius 3 is 2.37 bits per heavy atom. The van der Waals surface area contributed by atoms with Gasteiger partial charge in [-0.1, -0.05) is 38.3 Å². The van der Waals surface area contributed by atoms with Crippen LogP contribution < -0.4 is 4.74 Å². The van der Waals surface area contributed by atoms with Crippen molar-refractivity contribution in [3.05, 3.63) is 54.1 Å². The Balaban J connectivity index is 1.47. The highest BCUT2D eigenvalue weighted by atomic mass is 19.1. The largest absolute Gasteiger partial charge is 0.426 e. The molecule has 2 aromatic carbocycles. The zero-order valence-corrected chi connectivity index (χ0v) is 17.5. The maximum absolute atomic E-state index is 14.5. The predicted molar refractivity (Wildman–Crippen MR) is 113 cm³/mol. The van der Waals surface area contributed by atoms with Crippen molar-refractivity contribution in [2.45, 2.75) is 64.4 Å². The monoisotopic (exact) mass is 416 g/mol. The van der Waals surface area contributed by atoms with Gasteiger partial charge in [-0.3, -0.25) is 4.79 Å². The van der Waals surface area contributed by atoms with E-state index in [1.807, 2.05) is 0 Å². The second-order valence-corrected chi connectivity index (χ2v) is 7.97. The Labute approximate surface area is 177 Å². The molecule has 0 aromatic heterocycles. The van der Waals surface area contributed by atoms with Gasteiger partial charge in [-0.15, -0.1) is 0 Å². The van der Waals surface area contributed by atoms with E-state index in [0.29, 0.717) is 11.1 Å². The summed E-state index contributed by atoms with van der Waals surface area (Å²) >= 11 is 0. The Hall–Kier alpha value is -2.27. The number of halogens is 2. The van der Waals surface area contributed by atoms with Crippen LogP contribution in [-0.4, -0.2) is 18.7 Å². The van der Waals surface area contributed by atoms with E-state index >= 15 is 0 Å². The van der Waals surface area contributed by atoms with E-state index in [-0.39, 0.29) is 29.6 Å². The normalized spacial score (nSPS) is 18.9. The Morgan fingerprint density at radius 2 is 1.70 bits per heavy atom. The van der Waals surface area contributed by atoms with E-state index in [0.717, 1.165) is 38.7 Å². The summed E-state index contributed by atoms with van der Waals surface area (Å²) in [6.45, 7) is 2.98. The molecule has 0 spiro atoms. The van der Waals surface area contributed by atoms with Gasteiger partial charge in [0.15, 0.2) is 0 Å². The molecule has 0 radical (unpaired) electrons. The van der Waals surface area contributed by atoms with Gasteiger partial charge >= 0.3 is 5.97 Å². The van der Waals surface area contributed by atoms with Crippen LogP contribution in [0.1, 0.15) is 58.3 Å². The van der Waals surface area contributed by atoms with E-state index in [4.69, 9.17) is 9.47 Å². The molecule has 0 unspecified atom stereocenters. The molecule has 0 atom stereocenters. The molecule has 5 heteroatoms. The van der Waals surface area contributed by atoms with E-state index in [1.165, 1.54) is 49.6 Å². The first-order valence-electron chi connectivity index (χ1n) is 11.0. The first-order valence-corrected chi connectivity index (χ1v) is 11.0. The summed E-state index contributed by atoms with van der Waals surface area (Å²) in [5, 5.41) is 0. The number of ether oxygens (including phenoxy) is 2. The summed E-state index contributed by atoms with van der Waals surface area (Å²) in [5.41, 5.74) is 0.909. The molecule has 1 aliphatic rings. The van der Waals surface area contributed by atoms with E-state index < -0.39 is 5.82 Å². The highest BCUT2D eigenvalue weighted by molar-refractivity contribution is 5.75. The minimum atomic E-state index is -0.507. The standard InChI is InChI=1S/C25H30F2O3/c1-2-3-4-5-16-29-21-12-8-19(9-13-21)25(28)30-22-14-15-23(24(27)17-22)18-6-10-20(26)11-7-18/h6-7,10-11,14-15,17,19,21H,2-5,8-9,12-13,16H2,1H3. The SMILES string of the molecule is CCCCCCOC1CCC(C(=O)Oc2ccc(-c3ccc(F)cc3)c(F)c2)CC1. The average molecular weight is 417 g/mol. The number of hydrogen-bond donors (Lipinski definition) is 0. The van der Waals surface area contributed by atoms with Gasteiger partial charge in [0.05, 0.1) is 12.0 Å². The lowest BCUT2D eigenvalue weighted by Crippen LogP contribution is -2.29. The van der Waals surface area contributed by atoms with Crippen LogP contribution in [0.4, 0.5) is 8.78 Å². The van der Waals surface area contributed by atoms with Crippen LogP contribution in [0.5, 0.6) is 5.75 Å². The first kappa shape index (κ1) is 22.4. The van der Waals surface area contributed by atoms with Crippen LogP contribution in [0.3, 0.4) is 0 Å². The van der Waals surface area contributed by atoms with Gasteiger partial charge in [0.1, 0.15) is 17.4 Å². The molecule has 2 aromatic rings. The topological polar surface area (TPSA) is 35.5 Å². The molecule has 1 fully saturated rings. The summed E-state index contributed by atoms with van der Waals surface area (Å²) in [6.07, 6.45) is 8.15. The number of rotatable bonds is 9. The summed E-state index contributed by atoms with van der Waals surface area (Å²) < 4.78 is 38.9. The summed E-state index contributed by atoms with van der Waals surface area (Å²) in [7, 11) is 0. The lowest BCUT2D eigenvalue weighted by Gasteiger charge is -2.27. The van der Waals surface area contributed by atoms with Crippen LogP contribution in [0.25, 0.3) is 11.1 Å². The van der Waals surface area contributed by atoms with Gasteiger partial charge in [0.25, 0.3) is 0 Å². The zero-order valence-electron chi connectivity index (χ0n) is 17.5. The van der Waals surface area contributed by atoms with Crippen molar-refractivity contribution in [1.29, 1.82) is 0 Å². The second-order valence-electron chi connectivity index (χ2n) is 7.97. The van der Waals surface area contributed by atoms with Crippen molar-refractivity contribution in [2.75, 3.05) is 6.61 Å². The molecule has 3 rings (SSSR count). The number of carbonyl (C=O) groups is 1. The third kappa shape index (κ3) is 6.36. The smallest absolute Gasteiger partial charge is 0.314 e. The molecule has 0 N–H and O–H groups in total. The molecule has 1 saturated carbocycles. The Kier molecular flexibility index (Phi) is 8.38. The number of benzene rings is 2. The van der Waals surface area contributed by atoms with Crippen LogP contribution in [0, 0.1) is 17.6 Å². The number of esters is 1. The lowest BCUT2D eigenvalue weighted by atomic mass is 9.87. The van der Waals surface area contributed by atoms with Crippen molar-refractivity contribution < 1.29 is 23.0 Å². The Morgan fingerprint density at radius 1 is 0.967 bits per heavy atom. The predicted octanol–water partition coefficient (Wildman–Crippen LogP) is 6.69. The highest BCUT2D eigenvalue weighted by Gasteiger charge is 2.28. The average Bonchev–Trinajstić information content (AvgIpc) is 2.75. The van der Waals surface area contributed by atoms with Crippen LogP contribution in [0.15, 0.2) is 42.5 Å². The molecule has 30 heavy (non-hydrogen) atoms. The molecule has 0 saturated heterocycles. The number of unbranched alkanes of at least 4 members (excludes halogenated alkanes) is 3. The molecule has 0 aliphatic heterocycles. The maximum Gasteiger partial charge on any atom is 0.314 e. The fraction of sp³-hybridized carbons (Fsp3) is 0.480. The summed E-state index contributed by atoms with van der Waals surface area (Å²) in [4.78, 5) is 12.5. The zero-order chi connectivity index (χ0) is 21.3. The molecular weight excluding hydrogens is 386 g/mol. The van der Waals surface area contributed by atoms with Crippen molar-refractivity contribution >= 4 is 5.97 Å². The van der Waals surface area contributed by atoms with Gasteiger partial charge in [0.2, 0.25) is 0 Å². The maximum atomic E-state index is 14.5. The minimum absolute atomic E-state index is 0.176. The van der Waals surface area contributed by atoms with E-state index in [1.54, 1.807) is 12.1 Å². The minimum Gasteiger partial charge on any atom is -0.426 e. The van der Waals surface area contributed by atoms with E-state index in [9.17, 15) is 13.6 Å². The quantitative estimate of drug-likeness (QED) is 0.259. The van der Waals surface area contributed by atoms with Crippen molar-refractivity contribution in [1.82, 2.24) is 0 Å². The molecule has 0 amide bonds. The summed E-state index contributed by atoms with van der Waals surface area (Å²) in [6, 6.07) is 9.94. The molecule has 1 aliphatic carbocycles. The number of carbonyl (C=O) groups excluding carboxylic acids is 1. The highest BCUT2D eigenvalue weighted by Crippen LogP contribution is 2.30. The van der Waals surface area contributed by atoms with Crippen molar-refractivity contribution in [2.24, 2.45) is 5.92 Å². The first-order chi connectivity index (χ1) is 14.6. The summed E-state index contributed by atoms with van der Waals surface area (Å²) in [5.74, 6) is -1.18. The van der Waals surface area contributed by atoms with Crippen LogP contribution >= 0.6 is 0 Å². The lowest BCUT2D eigenvalue weighted by molar-refractivity contribution is -0.141. The van der Waals surface area contributed by atoms with E-state index in [2.05, 4.69) is 6.92 Å². The third-order valence-corrected chi connectivity index (χ3v) is 5.67. The van der Waals surface area contributed by atoms with Gasteiger partial charge in [0, 0.05) is 18.2 Å². The fourth-order valence-corrected chi connectivity index (χ4v) is 3.87. The molecule has 0 heterocycles.